The predicted molar refractivity (Wildman–Crippen MR) is 47.2 cm³/mol. The molecule has 4 heteroatoms. The van der Waals surface area contributed by atoms with Crippen LogP contribution in [0.1, 0.15) is 26.2 Å². The second-order valence-electron chi connectivity index (χ2n) is 2.48. The molecule has 0 aromatic carbocycles. The Balaban J connectivity index is 3.24. The van der Waals surface area contributed by atoms with Crippen LogP contribution in [0.5, 0.6) is 0 Å². The molecule has 3 nitrogen and oxygen atoms in total. The number of halogens is 1. The lowest BCUT2D eigenvalue weighted by molar-refractivity contribution is -0.143. The molecule has 0 rings (SSSR count). The van der Waals surface area contributed by atoms with Gasteiger partial charge in [-0.05, 0) is 19.8 Å². The Labute approximate surface area is 77.7 Å². The van der Waals surface area contributed by atoms with Crippen LogP contribution in [0.2, 0.25) is 0 Å². The van der Waals surface area contributed by atoms with Gasteiger partial charge in [0.05, 0.1) is 18.6 Å². The third-order valence-corrected chi connectivity index (χ3v) is 1.76. The summed E-state index contributed by atoms with van der Waals surface area (Å²) in [4.78, 5) is 10.8. The van der Waals surface area contributed by atoms with Crippen LogP contribution >= 0.6 is 11.6 Å². The third kappa shape index (κ3) is 6.43. The highest BCUT2D eigenvalue weighted by atomic mass is 35.5. The zero-order valence-electron chi connectivity index (χ0n) is 7.25. The summed E-state index contributed by atoms with van der Waals surface area (Å²) < 4.78 is 4.71. The Morgan fingerprint density at radius 3 is 2.83 bits per heavy atom. The van der Waals surface area contributed by atoms with Crippen LogP contribution in [0, 0.1) is 0 Å². The van der Waals surface area contributed by atoms with E-state index >= 15 is 0 Å². The number of carbonyl (C=O) groups is 1. The van der Waals surface area contributed by atoms with Crippen molar-refractivity contribution in [1.29, 1.82) is 0 Å². The summed E-state index contributed by atoms with van der Waals surface area (Å²) in [5.74, 6) is -0.195. The highest BCUT2D eigenvalue weighted by Crippen LogP contribution is 2.07. The molecule has 0 aromatic rings. The summed E-state index contributed by atoms with van der Waals surface area (Å²) in [5.41, 5.74) is 0. The highest BCUT2D eigenvalue weighted by molar-refractivity contribution is 6.20. The molecule has 0 aliphatic rings. The van der Waals surface area contributed by atoms with E-state index in [1.165, 1.54) is 0 Å². The first-order valence-corrected chi connectivity index (χ1v) is 4.54. The molecule has 0 amide bonds. The van der Waals surface area contributed by atoms with E-state index in [-0.39, 0.29) is 18.0 Å². The smallest absolute Gasteiger partial charge is 0.305 e. The summed E-state index contributed by atoms with van der Waals surface area (Å²) in [6, 6.07) is 0. The van der Waals surface area contributed by atoms with Crippen LogP contribution in [0.4, 0.5) is 0 Å². The number of carbonyl (C=O) groups excluding carboxylic acids is 1. The van der Waals surface area contributed by atoms with E-state index in [1.807, 2.05) is 0 Å². The van der Waals surface area contributed by atoms with Gasteiger partial charge < -0.3 is 9.84 Å². The Morgan fingerprint density at radius 2 is 2.33 bits per heavy atom. The van der Waals surface area contributed by atoms with Crippen molar-refractivity contribution in [2.24, 2.45) is 0 Å². The van der Waals surface area contributed by atoms with Gasteiger partial charge in [0, 0.05) is 6.42 Å². The number of rotatable bonds is 6. The van der Waals surface area contributed by atoms with E-state index in [9.17, 15) is 4.79 Å². The van der Waals surface area contributed by atoms with Crippen LogP contribution in [-0.4, -0.2) is 29.7 Å². The van der Waals surface area contributed by atoms with E-state index in [4.69, 9.17) is 21.4 Å². The molecule has 0 aromatic heterocycles. The number of alkyl halides is 1. The largest absolute Gasteiger partial charge is 0.466 e. The summed E-state index contributed by atoms with van der Waals surface area (Å²) in [7, 11) is 0. The Kier molecular flexibility index (Phi) is 7.20. The van der Waals surface area contributed by atoms with E-state index in [0.29, 0.717) is 25.9 Å². The van der Waals surface area contributed by atoms with Crippen molar-refractivity contribution in [3.63, 3.8) is 0 Å². The first-order chi connectivity index (χ1) is 5.70. The topological polar surface area (TPSA) is 46.5 Å². The normalized spacial score (nSPS) is 12.6. The number of ether oxygens (including phenoxy) is 1. The van der Waals surface area contributed by atoms with E-state index in [1.54, 1.807) is 6.92 Å². The summed E-state index contributed by atoms with van der Waals surface area (Å²) in [6.07, 6.45) is 1.71. The molecule has 0 radical (unpaired) electrons. The molecule has 0 spiro atoms. The molecular formula is C8H15ClO3. The third-order valence-electron chi connectivity index (χ3n) is 1.40. The second kappa shape index (κ2) is 7.37. The van der Waals surface area contributed by atoms with Crippen molar-refractivity contribution in [3.05, 3.63) is 0 Å². The summed E-state index contributed by atoms with van der Waals surface area (Å²) >= 11 is 5.62. The molecule has 0 bridgehead atoms. The molecule has 0 fully saturated rings. The van der Waals surface area contributed by atoms with Crippen molar-refractivity contribution in [3.8, 4) is 0 Å². The lowest BCUT2D eigenvalue weighted by atomic mass is 10.2. The van der Waals surface area contributed by atoms with Gasteiger partial charge in [0.25, 0.3) is 0 Å². The number of aliphatic hydroxyl groups is 1. The van der Waals surface area contributed by atoms with Crippen molar-refractivity contribution in [1.82, 2.24) is 0 Å². The van der Waals surface area contributed by atoms with Crippen LogP contribution in [0.3, 0.4) is 0 Å². The summed E-state index contributed by atoms with van der Waals surface area (Å²) in [5, 5.41) is 8.32. The van der Waals surface area contributed by atoms with Crippen molar-refractivity contribution in [2.45, 2.75) is 31.6 Å². The molecule has 0 saturated carbocycles. The molecular weight excluding hydrogens is 180 g/mol. The van der Waals surface area contributed by atoms with Gasteiger partial charge in [0.2, 0.25) is 0 Å². The molecule has 1 N–H and O–H groups in total. The maximum Gasteiger partial charge on any atom is 0.305 e. The molecule has 0 unspecified atom stereocenters. The average molecular weight is 195 g/mol. The van der Waals surface area contributed by atoms with E-state index in [0.717, 1.165) is 0 Å². The van der Waals surface area contributed by atoms with Crippen LogP contribution in [-0.2, 0) is 9.53 Å². The maximum absolute atomic E-state index is 10.8. The number of esters is 1. The monoisotopic (exact) mass is 194 g/mol. The molecule has 12 heavy (non-hydrogen) atoms. The van der Waals surface area contributed by atoms with Crippen molar-refractivity contribution >= 4 is 17.6 Å². The zero-order valence-corrected chi connectivity index (χ0v) is 8.01. The molecule has 1 atom stereocenters. The van der Waals surface area contributed by atoms with Crippen LogP contribution in [0.25, 0.3) is 0 Å². The van der Waals surface area contributed by atoms with Crippen molar-refractivity contribution in [2.75, 3.05) is 13.2 Å². The lowest BCUT2D eigenvalue weighted by Crippen LogP contribution is -2.07. The average Bonchev–Trinajstić information content (AvgIpc) is 2.04. The minimum Gasteiger partial charge on any atom is -0.466 e. The van der Waals surface area contributed by atoms with Gasteiger partial charge in [-0.3, -0.25) is 4.79 Å². The first kappa shape index (κ1) is 11.7. The lowest BCUT2D eigenvalue weighted by Gasteiger charge is -2.04. The fourth-order valence-corrected chi connectivity index (χ4v) is 0.947. The fourth-order valence-electron chi connectivity index (χ4n) is 0.792. The second-order valence-corrected chi connectivity index (χ2v) is 3.09. The van der Waals surface area contributed by atoms with Gasteiger partial charge >= 0.3 is 5.97 Å². The number of hydrogen-bond acceptors (Lipinski definition) is 3. The minimum atomic E-state index is -0.237. The predicted octanol–water partition coefficient (Wildman–Crippen LogP) is 1.32. The van der Waals surface area contributed by atoms with Crippen LogP contribution in [0.15, 0.2) is 0 Å². The molecule has 0 aliphatic heterocycles. The minimum absolute atomic E-state index is 0.0373. The quantitative estimate of drug-likeness (QED) is 0.513. The molecule has 0 heterocycles. The maximum atomic E-state index is 10.8. The Morgan fingerprint density at radius 1 is 1.67 bits per heavy atom. The highest BCUT2D eigenvalue weighted by Gasteiger charge is 2.05. The van der Waals surface area contributed by atoms with Crippen molar-refractivity contribution < 1.29 is 14.6 Å². The SMILES string of the molecule is CCOC(=O)CCC[C@H](Cl)CO. The molecule has 0 saturated heterocycles. The van der Waals surface area contributed by atoms with Gasteiger partial charge in [-0.15, -0.1) is 11.6 Å². The summed E-state index contributed by atoms with van der Waals surface area (Å²) in [6.45, 7) is 2.16. The number of hydrogen-bond donors (Lipinski definition) is 1. The number of aliphatic hydroxyl groups excluding tert-OH is 1. The Hall–Kier alpha value is -0.280. The Bertz CT molecular complexity index is 127. The standard InChI is InChI=1S/C8H15ClO3/c1-2-12-8(11)5-3-4-7(9)6-10/h7,10H,2-6H2,1H3/t7-/m0/s1. The van der Waals surface area contributed by atoms with E-state index < -0.39 is 0 Å². The van der Waals surface area contributed by atoms with Gasteiger partial charge in [0.15, 0.2) is 0 Å². The zero-order chi connectivity index (χ0) is 9.40. The molecule has 72 valence electrons. The fraction of sp³-hybridized carbons (Fsp3) is 0.875. The molecule has 0 aliphatic carbocycles. The van der Waals surface area contributed by atoms with Crippen LogP contribution < -0.4 is 0 Å². The van der Waals surface area contributed by atoms with Gasteiger partial charge in [0.1, 0.15) is 0 Å². The van der Waals surface area contributed by atoms with Gasteiger partial charge in [-0.25, -0.2) is 0 Å². The van der Waals surface area contributed by atoms with Gasteiger partial charge in [-0.2, -0.15) is 0 Å². The van der Waals surface area contributed by atoms with E-state index in [2.05, 4.69) is 0 Å². The first-order valence-electron chi connectivity index (χ1n) is 4.11. The van der Waals surface area contributed by atoms with Gasteiger partial charge in [-0.1, -0.05) is 0 Å².